The monoisotopic (exact) mass is 226 g/mol. The average molecular weight is 226 g/mol. The largest absolute Gasteiger partial charge is 0.465 e. The topological polar surface area (TPSA) is 52.6 Å². The smallest absolute Gasteiger partial charge is 0.407 e. The van der Waals surface area contributed by atoms with Crippen molar-refractivity contribution in [1.82, 2.24) is 10.2 Å². The van der Waals surface area contributed by atoms with Gasteiger partial charge in [0.1, 0.15) is 0 Å². The van der Waals surface area contributed by atoms with Crippen molar-refractivity contribution in [2.45, 2.75) is 39.7 Å². The lowest BCUT2D eigenvalue weighted by Crippen LogP contribution is -2.72. The molecule has 0 aliphatic carbocycles. The van der Waals surface area contributed by atoms with Crippen LogP contribution in [0.5, 0.6) is 0 Å². The van der Waals surface area contributed by atoms with E-state index in [0.29, 0.717) is 19.1 Å². The molecule has 2 fully saturated rings. The van der Waals surface area contributed by atoms with Crippen molar-refractivity contribution in [2.24, 2.45) is 10.8 Å². The highest BCUT2D eigenvalue weighted by Crippen LogP contribution is 2.45. The number of carboxylic acid groups (broad SMARTS) is 1. The molecule has 16 heavy (non-hydrogen) atoms. The second-order valence-corrected chi connectivity index (χ2v) is 6.35. The van der Waals surface area contributed by atoms with Gasteiger partial charge in [-0.15, -0.1) is 0 Å². The second kappa shape index (κ2) is 3.62. The van der Waals surface area contributed by atoms with E-state index in [1.54, 1.807) is 4.90 Å². The molecule has 2 aliphatic rings. The highest BCUT2D eigenvalue weighted by molar-refractivity contribution is 5.65. The van der Waals surface area contributed by atoms with Crippen molar-refractivity contribution in [3.63, 3.8) is 0 Å². The van der Waals surface area contributed by atoms with Crippen LogP contribution in [0.1, 0.15) is 33.6 Å². The lowest BCUT2D eigenvalue weighted by Gasteiger charge is -2.59. The Morgan fingerprint density at radius 1 is 1.50 bits per heavy atom. The Labute approximate surface area is 97.0 Å². The highest BCUT2D eigenvalue weighted by atomic mass is 16.4. The van der Waals surface area contributed by atoms with Crippen molar-refractivity contribution >= 4 is 6.09 Å². The lowest BCUT2D eigenvalue weighted by atomic mass is 9.60. The first kappa shape index (κ1) is 11.7. The van der Waals surface area contributed by atoms with Gasteiger partial charge in [0.2, 0.25) is 0 Å². The van der Waals surface area contributed by atoms with Crippen LogP contribution in [0.15, 0.2) is 0 Å². The highest BCUT2D eigenvalue weighted by Gasteiger charge is 2.53. The molecule has 2 aliphatic heterocycles. The van der Waals surface area contributed by atoms with Gasteiger partial charge in [-0.25, -0.2) is 4.79 Å². The van der Waals surface area contributed by atoms with E-state index in [-0.39, 0.29) is 10.8 Å². The minimum Gasteiger partial charge on any atom is -0.465 e. The minimum absolute atomic E-state index is 0.189. The minimum atomic E-state index is -0.765. The number of hydrogen-bond acceptors (Lipinski definition) is 2. The molecule has 0 radical (unpaired) electrons. The second-order valence-electron chi connectivity index (χ2n) is 6.35. The summed E-state index contributed by atoms with van der Waals surface area (Å²) in [5.74, 6) is 0. The van der Waals surface area contributed by atoms with Gasteiger partial charge in [0.05, 0.1) is 0 Å². The van der Waals surface area contributed by atoms with Gasteiger partial charge < -0.3 is 15.3 Å². The molecule has 4 nitrogen and oxygen atoms in total. The van der Waals surface area contributed by atoms with Gasteiger partial charge in [-0.3, -0.25) is 0 Å². The van der Waals surface area contributed by atoms with E-state index in [9.17, 15) is 4.79 Å². The SMILES string of the molecule is CC(C)(C)C1NCC12CCCN(C(=O)O)C2. The fourth-order valence-corrected chi connectivity index (χ4v) is 3.42. The van der Waals surface area contributed by atoms with E-state index < -0.39 is 6.09 Å². The number of likely N-dealkylation sites (tertiary alicyclic amines) is 1. The van der Waals surface area contributed by atoms with E-state index >= 15 is 0 Å². The molecular weight excluding hydrogens is 204 g/mol. The number of piperidine rings is 1. The third kappa shape index (κ3) is 1.79. The van der Waals surface area contributed by atoms with Crippen LogP contribution in [0.4, 0.5) is 4.79 Å². The lowest BCUT2D eigenvalue weighted by molar-refractivity contribution is -0.0455. The van der Waals surface area contributed by atoms with Gasteiger partial charge in [-0.2, -0.15) is 0 Å². The zero-order chi connectivity index (χ0) is 12.0. The summed E-state index contributed by atoms with van der Waals surface area (Å²) in [6.45, 7) is 9.06. The maximum atomic E-state index is 11.0. The first-order valence-corrected chi connectivity index (χ1v) is 6.06. The summed E-state index contributed by atoms with van der Waals surface area (Å²) in [5, 5.41) is 12.6. The maximum absolute atomic E-state index is 11.0. The molecule has 1 spiro atoms. The molecule has 2 rings (SSSR count). The Morgan fingerprint density at radius 2 is 2.19 bits per heavy atom. The van der Waals surface area contributed by atoms with Crippen LogP contribution < -0.4 is 5.32 Å². The fraction of sp³-hybridized carbons (Fsp3) is 0.917. The van der Waals surface area contributed by atoms with Crippen molar-refractivity contribution in [2.75, 3.05) is 19.6 Å². The fourth-order valence-electron chi connectivity index (χ4n) is 3.42. The summed E-state index contributed by atoms with van der Waals surface area (Å²) in [4.78, 5) is 12.6. The first-order chi connectivity index (χ1) is 7.35. The quantitative estimate of drug-likeness (QED) is 0.662. The molecule has 4 heteroatoms. The number of carbonyl (C=O) groups is 1. The number of amides is 1. The van der Waals surface area contributed by atoms with Gasteiger partial charge in [-0.1, -0.05) is 20.8 Å². The number of nitrogens with one attached hydrogen (secondary N) is 1. The van der Waals surface area contributed by atoms with Crippen LogP contribution in [0, 0.1) is 10.8 Å². The van der Waals surface area contributed by atoms with Crippen molar-refractivity contribution in [3.8, 4) is 0 Å². The van der Waals surface area contributed by atoms with Crippen LogP contribution in [0.3, 0.4) is 0 Å². The Hall–Kier alpha value is -0.770. The van der Waals surface area contributed by atoms with E-state index in [2.05, 4.69) is 26.1 Å². The molecule has 2 N–H and O–H groups in total. The van der Waals surface area contributed by atoms with E-state index in [0.717, 1.165) is 19.4 Å². The summed E-state index contributed by atoms with van der Waals surface area (Å²) >= 11 is 0. The summed E-state index contributed by atoms with van der Waals surface area (Å²) in [6, 6.07) is 0.446. The van der Waals surface area contributed by atoms with Gasteiger partial charge in [0.15, 0.2) is 0 Å². The molecule has 0 saturated carbocycles. The standard InChI is InChI=1S/C12H22N2O2/c1-11(2,3)9-12(7-13-9)5-4-6-14(8-12)10(15)16/h9,13H,4-8H2,1-3H3,(H,15,16). The van der Waals surface area contributed by atoms with Gasteiger partial charge in [-0.05, 0) is 18.3 Å². The molecular formula is C12H22N2O2. The molecule has 2 unspecified atom stereocenters. The molecule has 2 heterocycles. The summed E-state index contributed by atoms with van der Waals surface area (Å²) in [5.41, 5.74) is 0.397. The third-order valence-electron chi connectivity index (χ3n) is 4.02. The first-order valence-electron chi connectivity index (χ1n) is 6.06. The number of hydrogen-bond donors (Lipinski definition) is 2. The molecule has 92 valence electrons. The van der Waals surface area contributed by atoms with Gasteiger partial charge >= 0.3 is 6.09 Å². The third-order valence-corrected chi connectivity index (χ3v) is 4.02. The summed E-state index contributed by atoms with van der Waals surface area (Å²) in [6.07, 6.45) is 1.39. The van der Waals surface area contributed by atoms with E-state index in [1.807, 2.05) is 0 Å². The van der Waals surface area contributed by atoms with Crippen molar-refractivity contribution < 1.29 is 9.90 Å². The Kier molecular flexibility index (Phi) is 2.65. The maximum Gasteiger partial charge on any atom is 0.407 e. The van der Waals surface area contributed by atoms with Crippen LogP contribution in [-0.4, -0.2) is 41.8 Å². The Balaban J connectivity index is 2.11. The molecule has 0 aromatic carbocycles. The van der Waals surface area contributed by atoms with Crippen LogP contribution in [0.25, 0.3) is 0 Å². The van der Waals surface area contributed by atoms with E-state index in [1.165, 1.54) is 0 Å². The average Bonchev–Trinajstić information content (AvgIpc) is 2.13. The molecule has 2 saturated heterocycles. The Morgan fingerprint density at radius 3 is 2.62 bits per heavy atom. The zero-order valence-corrected chi connectivity index (χ0v) is 10.4. The van der Waals surface area contributed by atoms with E-state index in [4.69, 9.17) is 5.11 Å². The van der Waals surface area contributed by atoms with Crippen LogP contribution >= 0.6 is 0 Å². The normalized spacial score (nSPS) is 34.9. The molecule has 1 amide bonds. The molecule has 2 atom stereocenters. The molecule has 0 bridgehead atoms. The predicted octanol–water partition coefficient (Wildman–Crippen LogP) is 1.76. The summed E-state index contributed by atoms with van der Waals surface area (Å²) in [7, 11) is 0. The molecule has 0 aromatic heterocycles. The molecule has 0 aromatic rings. The van der Waals surface area contributed by atoms with Crippen molar-refractivity contribution in [3.05, 3.63) is 0 Å². The van der Waals surface area contributed by atoms with Gasteiger partial charge in [0, 0.05) is 31.1 Å². The van der Waals surface area contributed by atoms with Crippen LogP contribution in [0.2, 0.25) is 0 Å². The summed E-state index contributed by atoms with van der Waals surface area (Å²) < 4.78 is 0. The van der Waals surface area contributed by atoms with Crippen LogP contribution in [-0.2, 0) is 0 Å². The van der Waals surface area contributed by atoms with Crippen molar-refractivity contribution in [1.29, 1.82) is 0 Å². The number of rotatable bonds is 0. The van der Waals surface area contributed by atoms with Gasteiger partial charge in [0.25, 0.3) is 0 Å². The Bertz CT molecular complexity index is 298. The zero-order valence-electron chi connectivity index (χ0n) is 10.4. The number of nitrogens with zero attached hydrogens (tertiary/aromatic N) is 1. The predicted molar refractivity (Wildman–Crippen MR) is 62.5 cm³/mol.